The average Bonchev–Trinajstić information content (AvgIpc) is 2.44. The van der Waals surface area contributed by atoms with Crippen molar-refractivity contribution in [3.8, 4) is 0 Å². The third kappa shape index (κ3) is 3.47. The van der Waals surface area contributed by atoms with Crippen molar-refractivity contribution in [1.29, 1.82) is 0 Å². The van der Waals surface area contributed by atoms with E-state index >= 15 is 0 Å². The largest absolute Gasteiger partial charge is 0.462 e. The van der Waals surface area contributed by atoms with Gasteiger partial charge in [0.05, 0.1) is 34.3 Å². The van der Waals surface area contributed by atoms with Gasteiger partial charge in [0, 0.05) is 0 Å². The van der Waals surface area contributed by atoms with Gasteiger partial charge in [-0.3, -0.25) is 0 Å². The molecule has 3 N–H and O–H groups in total. The number of nitrogen functional groups attached to an aromatic ring is 1. The number of hydrogen-bond acceptors (Lipinski definition) is 4. The van der Waals surface area contributed by atoms with E-state index in [1.54, 1.807) is 31.2 Å². The van der Waals surface area contributed by atoms with Gasteiger partial charge in [-0.1, -0.05) is 23.7 Å². The van der Waals surface area contributed by atoms with Gasteiger partial charge >= 0.3 is 5.97 Å². The van der Waals surface area contributed by atoms with Crippen molar-refractivity contribution < 1.29 is 9.53 Å². The van der Waals surface area contributed by atoms with E-state index in [1.165, 1.54) is 0 Å². The number of aryl methyl sites for hydroxylation is 1. The van der Waals surface area contributed by atoms with Gasteiger partial charge in [0.15, 0.2) is 0 Å². The second-order valence-corrected chi connectivity index (χ2v) is 4.99. The summed E-state index contributed by atoms with van der Waals surface area (Å²) in [4.78, 5) is 11.7. The molecule has 0 aliphatic heterocycles. The predicted octanol–water partition coefficient (Wildman–Crippen LogP) is 4.15. The molecule has 0 fully saturated rings. The Morgan fingerprint density at radius 1 is 1.33 bits per heavy atom. The molecule has 0 atom stereocenters. The van der Waals surface area contributed by atoms with Crippen molar-refractivity contribution in [2.75, 3.05) is 17.7 Å². The fourth-order valence-electron chi connectivity index (χ4n) is 1.94. The van der Waals surface area contributed by atoms with Gasteiger partial charge in [-0.05, 0) is 43.7 Å². The average molecular weight is 305 g/mol. The minimum absolute atomic E-state index is 0.331. The van der Waals surface area contributed by atoms with Gasteiger partial charge in [-0.2, -0.15) is 0 Å². The number of benzene rings is 2. The maximum atomic E-state index is 11.7. The summed E-state index contributed by atoms with van der Waals surface area (Å²) in [6, 6.07) is 10.6. The zero-order valence-electron chi connectivity index (χ0n) is 11.9. The molecule has 21 heavy (non-hydrogen) atoms. The SMILES string of the molecule is CCOC(=O)c1ccc(Nc2c(C)cccc2Cl)c(N)c1. The van der Waals surface area contributed by atoms with Crippen LogP contribution in [0.1, 0.15) is 22.8 Å². The molecule has 0 bridgehead atoms. The summed E-state index contributed by atoms with van der Waals surface area (Å²) in [6.07, 6.45) is 0. The molecule has 2 aromatic carbocycles. The number of rotatable bonds is 4. The normalized spacial score (nSPS) is 10.2. The highest BCUT2D eigenvalue weighted by Gasteiger charge is 2.10. The van der Waals surface area contributed by atoms with Crippen LogP contribution in [0, 0.1) is 6.92 Å². The molecule has 2 rings (SSSR count). The van der Waals surface area contributed by atoms with Crippen LogP contribution in [-0.2, 0) is 4.74 Å². The molecule has 0 saturated carbocycles. The first kappa shape index (κ1) is 15.2. The Labute approximate surface area is 128 Å². The van der Waals surface area contributed by atoms with Gasteiger partial charge in [-0.25, -0.2) is 4.79 Å². The van der Waals surface area contributed by atoms with Crippen molar-refractivity contribution >= 4 is 34.6 Å². The first-order valence-corrected chi connectivity index (χ1v) is 6.99. The van der Waals surface area contributed by atoms with Crippen LogP contribution >= 0.6 is 11.6 Å². The number of esters is 1. The highest BCUT2D eigenvalue weighted by Crippen LogP contribution is 2.31. The minimum Gasteiger partial charge on any atom is -0.462 e. The molecule has 0 aliphatic rings. The molecule has 0 heterocycles. The molecular weight excluding hydrogens is 288 g/mol. The van der Waals surface area contributed by atoms with E-state index in [0.717, 1.165) is 11.3 Å². The van der Waals surface area contributed by atoms with Gasteiger partial charge in [-0.15, -0.1) is 0 Å². The Balaban J connectivity index is 2.28. The van der Waals surface area contributed by atoms with Crippen molar-refractivity contribution in [3.05, 3.63) is 52.5 Å². The Bertz CT molecular complexity index is 651. The van der Waals surface area contributed by atoms with Crippen LogP contribution in [-0.4, -0.2) is 12.6 Å². The maximum absolute atomic E-state index is 11.7. The number of ether oxygens (including phenoxy) is 1. The lowest BCUT2D eigenvalue weighted by molar-refractivity contribution is 0.0526. The topological polar surface area (TPSA) is 64.3 Å². The lowest BCUT2D eigenvalue weighted by atomic mass is 10.1. The summed E-state index contributed by atoms with van der Waals surface area (Å²) in [6.45, 7) is 4.05. The predicted molar refractivity (Wildman–Crippen MR) is 86.3 cm³/mol. The highest BCUT2D eigenvalue weighted by atomic mass is 35.5. The van der Waals surface area contributed by atoms with Crippen molar-refractivity contribution in [2.24, 2.45) is 0 Å². The number of anilines is 3. The van der Waals surface area contributed by atoms with Crippen LogP contribution in [0.25, 0.3) is 0 Å². The molecule has 5 heteroatoms. The molecular formula is C16H17ClN2O2. The van der Waals surface area contributed by atoms with Crippen molar-refractivity contribution in [1.82, 2.24) is 0 Å². The van der Waals surface area contributed by atoms with E-state index in [9.17, 15) is 4.79 Å². The van der Waals surface area contributed by atoms with Gasteiger partial charge in [0.2, 0.25) is 0 Å². The Morgan fingerprint density at radius 3 is 2.71 bits per heavy atom. The molecule has 0 aromatic heterocycles. The molecule has 0 spiro atoms. The lowest BCUT2D eigenvalue weighted by Gasteiger charge is -2.14. The fraction of sp³-hybridized carbons (Fsp3) is 0.188. The molecule has 4 nitrogen and oxygen atoms in total. The Morgan fingerprint density at radius 2 is 2.10 bits per heavy atom. The van der Waals surface area contributed by atoms with E-state index in [0.29, 0.717) is 28.6 Å². The van der Waals surface area contributed by atoms with E-state index in [4.69, 9.17) is 22.1 Å². The molecule has 0 saturated heterocycles. The van der Waals surface area contributed by atoms with Crippen LogP contribution in [0.2, 0.25) is 5.02 Å². The van der Waals surface area contributed by atoms with E-state index in [2.05, 4.69) is 5.32 Å². The molecule has 0 unspecified atom stereocenters. The number of carbonyl (C=O) groups excluding carboxylic acids is 1. The minimum atomic E-state index is -0.385. The van der Waals surface area contributed by atoms with E-state index in [1.807, 2.05) is 19.1 Å². The second-order valence-electron chi connectivity index (χ2n) is 4.58. The zero-order valence-corrected chi connectivity index (χ0v) is 12.7. The monoisotopic (exact) mass is 304 g/mol. The summed E-state index contributed by atoms with van der Waals surface area (Å²) < 4.78 is 4.94. The van der Waals surface area contributed by atoms with Crippen molar-refractivity contribution in [2.45, 2.75) is 13.8 Å². The highest BCUT2D eigenvalue weighted by molar-refractivity contribution is 6.33. The van der Waals surface area contributed by atoms with E-state index in [-0.39, 0.29) is 5.97 Å². The van der Waals surface area contributed by atoms with Crippen LogP contribution in [0.5, 0.6) is 0 Å². The summed E-state index contributed by atoms with van der Waals surface area (Å²) in [7, 11) is 0. The van der Waals surface area contributed by atoms with Crippen LogP contribution in [0.4, 0.5) is 17.1 Å². The Kier molecular flexibility index (Phi) is 4.70. The lowest BCUT2D eigenvalue weighted by Crippen LogP contribution is -2.06. The molecule has 2 aromatic rings. The quantitative estimate of drug-likeness (QED) is 0.658. The molecule has 0 aliphatic carbocycles. The first-order valence-electron chi connectivity index (χ1n) is 6.61. The van der Waals surface area contributed by atoms with Crippen molar-refractivity contribution in [3.63, 3.8) is 0 Å². The molecule has 0 amide bonds. The van der Waals surface area contributed by atoms with E-state index < -0.39 is 0 Å². The maximum Gasteiger partial charge on any atom is 0.338 e. The number of carbonyl (C=O) groups is 1. The Hall–Kier alpha value is -2.20. The van der Waals surface area contributed by atoms with Gasteiger partial charge in [0.25, 0.3) is 0 Å². The number of nitrogens with two attached hydrogens (primary N) is 1. The second kappa shape index (κ2) is 6.50. The third-order valence-corrected chi connectivity index (χ3v) is 3.36. The first-order chi connectivity index (χ1) is 10.0. The van der Waals surface area contributed by atoms with Crippen LogP contribution in [0.3, 0.4) is 0 Å². The zero-order chi connectivity index (χ0) is 15.4. The number of nitrogens with one attached hydrogen (secondary N) is 1. The van der Waals surface area contributed by atoms with Crippen LogP contribution in [0.15, 0.2) is 36.4 Å². The third-order valence-electron chi connectivity index (χ3n) is 3.04. The summed E-state index contributed by atoms with van der Waals surface area (Å²) in [5, 5.41) is 3.81. The van der Waals surface area contributed by atoms with Gasteiger partial charge in [0.1, 0.15) is 0 Å². The summed E-state index contributed by atoms with van der Waals surface area (Å²) in [5.41, 5.74) is 9.38. The molecule has 0 radical (unpaired) electrons. The molecule has 110 valence electrons. The van der Waals surface area contributed by atoms with Crippen LogP contribution < -0.4 is 11.1 Å². The van der Waals surface area contributed by atoms with Gasteiger partial charge < -0.3 is 15.8 Å². The number of halogens is 1. The standard InChI is InChI=1S/C16H17ClN2O2/c1-3-21-16(20)11-7-8-14(13(18)9-11)19-15-10(2)5-4-6-12(15)17/h4-9,19H,3,18H2,1-2H3. The smallest absolute Gasteiger partial charge is 0.338 e. The summed E-state index contributed by atoms with van der Waals surface area (Å²) in [5.74, 6) is -0.385. The number of hydrogen-bond donors (Lipinski definition) is 2. The summed E-state index contributed by atoms with van der Waals surface area (Å²) >= 11 is 6.18. The fourth-order valence-corrected chi connectivity index (χ4v) is 2.21. The number of para-hydroxylation sites is 1.